The number of rotatable bonds is 7. The topological polar surface area (TPSA) is 118 Å². The Labute approximate surface area is 195 Å². The molecule has 2 atom stereocenters. The van der Waals surface area contributed by atoms with Crippen LogP contribution in [-0.2, 0) is 19.1 Å². The SMILES string of the molecule is COC(=O)[C@@H]1C(=O)NC(SCC(=O)Nc2ccc(OC)cc2)=C(C#N)[C@@H]1c1ccc(C)cc1. The van der Waals surface area contributed by atoms with E-state index in [0.717, 1.165) is 17.3 Å². The lowest BCUT2D eigenvalue weighted by Crippen LogP contribution is -2.44. The lowest BCUT2D eigenvalue weighted by molar-refractivity contribution is -0.150. The molecule has 9 heteroatoms. The number of nitrogens with zero attached hydrogens (tertiary/aromatic N) is 1. The van der Waals surface area contributed by atoms with E-state index in [1.165, 1.54) is 7.11 Å². The number of anilines is 1. The second kappa shape index (κ2) is 10.7. The number of carbonyl (C=O) groups is 3. The van der Waals surface area contributed by atoms with Crippen molar-refractivity contribution in [1.29, 1.82) is 5.26 Å². The van der Waals surface area contributed by atoms with Crippen LogP contribution in [0.15, 0.2) is 59.1 Å². The van der Waals surface area contributed by atoms with E-state index in [2.05, 4.69) is 16.7 Å². The van der Waals surface area contributed by atoms with Gasteiger partial charge in [-0.25, -0.2) is 0 Å². The lowest BCUT2D eigenvalue weighted by atomic mass is 9.78. The molecule has 2 aromatic rings. The van der Waals surface area contributed by atoms with Crippen molar-refractivity contribution in [1.82, 2.24) is 5.32 Å². The highest BCUT2D eigenvalue weighted by atomic mass is 32.2. The molecular weight excluding hydrogens is 442 g/mol. The van der Waals surface area contributed by atoms with Crippen molar-refractivity contribution < 1.29 is 23.9 Å². The third kappa shape index (κ3) is 5.54. The highest BCUT2D eigenvalue weighted by molar-refractivity contribution is 8.03. The molecule has 1 aliphatic rings. The van der Waals surface area contributed by atoms with Gasteiger partial charge in [-0.15, -0.1) is 0 Å². The molecular formula is C24H23N3O5S. The Hall–Kier alpha value is -3.77. The fourth-order valence-electron chi connectivity index (χ4n) is 3.46. The number of benzene rings is 2. The van der Waals surface area contributed by atoms with Crippen LogP contribution in [0.1, 0.15) is 17.0 Å². The maximum Gasteiger partial charge on any atom is 0.319 e. The molecule has 0 bridgehead atoms. The van der Waals surface area contributed by atoms with Crippen LogP contribution in [0.4, 0.5) is 5.69 Å². The summed E-state index contributed by atoms with van der Waals surface area (Å²) in [6.07, 6.45) is 0. The number of amides is 2. The number of esters is 1. The van der Waals surface area contributed by atoms with Crippen LogP contribution >= 0.6 is 11.8 Å². The first-order chi connectivity index (χ1) is 15.9. The monoisotopic (exact) mass is 465 g/mol. The molecule has 0 aromatic heterocycles. The Balaban J connectivity index is 1.85. The Morgan fingerprint density at radius 3 is 2.36 bits per heavy atom. The van der Waals surface area contributed by atoms with Crippen LogP contribution < -0.4 is 15.4 Å². The van der Waals surface area contributed by atoms with Crippen LogP contribution in [0.3, 0.4) is 0 Å². The first kappa shape index (κ1) is 23.9. The van der Waals surface area contributed by atoms with Crippen molar-refractivity contribution in [2.24, 2.45) is 5.92 Å². The van der Waals surface area contributed by atoms with Gasteiger partial charge in [-0.05, 0) is 36.8 Å². The number of hydrogen-bond acceptors (Lipinski definition) is 7. The van der Waals surface area contributed by atoms with Crippen molar-refractivity contribution in [2.75, 3.05) is 25.3 Å². The molecule has 170 valence electrons. The van der Waals surface area contributed by atoms with Crippen molar-refractivity contribution in [3.05, 3.63) is 70.3 Å². The van der Waals surface area contributed by atoms with Gasteiger partial charge in [0.1, 0.15) is 11.7 Å². The quantitative estimate of drug-likeness (QED) is 0.476. The van der Waals surface area contributed by atoms with E-state index < -0.39 is 23.7 Å². The maximum atomic E-state index is 12.8. The predicted molar refractivity (Wildman–Crippen MR) is 124 cm³/mol. The summed E-state index contributed by atoms with van der Waals surface area (Å²) in [7, 11) is 2.75. The van der Waals surface area contributed by atoms with Gasteiger partial charge in [0, 0.05) is 11.6 Å². The second-order valence-electron chi connectivity index (χ2n) is 7.30. The number of ether oxygens (including phenoxy) is 2. The van der Waals surface area contributed by atoms with Crippen molar-refractivity contribution in [2.45, 2.75) is 12.8 Å². The molecule has 0 radical (unpaired) electrons. The number of allylic oxidation sites excluding steroid dienone is 1. The van der Waals surface area contributed by atoms with Crippen LogP contribution in [0.25, 0.3) is 0 Å². The van der Waals surface area contributed by atoms with Gasteiger partial charge in [0.25, 0.3) is 0 Å². The van der Waals surface area contributed by atoms with E-state index in [9.17, 15) is 19.6 Å². The number of aryl methyl sites for hydroxylation is 1. The zero-order chi connectivity index (χ0) is 24.0. The van der Waals surface area contributed by atoms with Crippen molar-refractivity contribution in [3.8, 4) is 11.8 Å². The second-order valence-corrected chi connectivity index (χ2v) is 8.28. The summed E-state index contributed by atoms with van der Waals surface area (Å²) in [5, 5.41) is 15.5. The highest BCUT2D eigenvalue weighted by Crippen LogP contribution is 2.40. The van der Waals surface area contributed by atoms with Crippen molar-refractivity contribution in [3.63, 3.8) is 0 Å². The maximum absolute atomic E-state index is 12.8. The normalized spacial score (nSPS) is 17.6. The molecule has 8 nitrogen and oxygen atoms in total. The molecule has 0 fully saturated rings. The third-order valence-electron chi connectivity index (χ3n) is 5.14. The van der Waals surface area contributed by atoms with Gasteiger partial charge < -0.3 is 20.1 Å². The molecule has 1 heterocycles. The zero-order valence-corrected chi connectivity index (χ0v) is 19.2. The molecule has 3 rings (SSSR count). The summed E-state index contributed by atoms with van der Waals surface area (Å²) >= 11 is 1.03. The van der Waals surface area contributed by atoms with E-state index in [0.29, 0.717) is 17.0 Å². The molecule has 0 saturated heterocycles. The van der Waals surface area contributed by atoms with Crippen LogP contribution in [0.5, 0.6) is 5.75 Å². The van der Waals surface area contributed by atoms with Crippen LogP contribution in [0, 0.1) is 24.2 Å². The van der Waals surface area contributed by atoms with Crippen LogP contribution in [0.2, 0.25) is 0 Å². The Bertz CT molecular complexity index is 1120. The Kier molecular flexibility index (Phi) is 7.74. The number of nitrogens with one attached hydrogen (secondary N) is 2. The van der Waals surface area contributed by atoms with E-state index in [1.54, 1.807) is 43.5 Å². The molecule has 1 aliphatic heterocycles. The summed E-state index contributed by atoms with van der Waals surface area (Å²) in [5.41, 5.74) is 2.44. The standard InChI is InChI=1S/C24H23N3O5S/c1-14-4-6-15(7-5-14)20-18(12-25)23(27-22(29)21(20)24(30)32-3)33-13-19(28)26-16-8-10-17(31-2)11-9-16/h4-11,20-21H,13H2,1-3H3,(H,26,28)(H,27,29)/t20-,21-/m0/s1. The summed E-state index contributed by atoms with van der Waals surface area (Å²) in [6, 6.07) is 16.2. The Morgan fingerprint density at radius 1 is 1.12 bits per heavy atom. The van der Waals surface area contributed by atoms with E-state index in [1.807, 2.05) is 19.1 Å². The molecule has 0 aliphatic carbocycles. The van der Waals surface area contributed by atoms with Gasteiger partial charge in [-0.2, -0.15) is 5.26 Å². The minimum Gasteiger partial charge on any atom is -0.497 e. The number of hydrogen-bond donors (Lipinski definition) is 2. The number of thioether (sulfide) groups is 1. The van der Waals surface area contributed by atoms with Gasteiger partial charge >= 0.3 is 5.97 Å². The molecule has 2 aromatic carbocycles. The average Bonchev–Trinajstić information content (AvgIpc) is 2.82. The molecule has 0 unspecified atom stereocenters. The van der Waals surface area contributed by atoms with Gasteiger partial charge in [-0.3, -0.25) is 14.4 Å². The van der Waals surface area contributed by atoms with Crippen LogP contribution in [-0.4, -0.2) is 37.8 Å². The first-order valence-corrected chi connectivity index (χ1v) is 11.0. The number of carbonyl (C=O) groups excluding carboxylic acids is 3. The zero-order valence-electron chi connectivity index (χ0n) is 18.4. The Morgan fingerprint density at radius 2 is 1.79 bits per heavy atom. The molecule has 2 amide bonds. The van der Waals surface area contributed by atoms with E-state index >= 15 is 0 Å². The van der Waals surface area contributed by atoms with Crippen molar-refractivity contribution >= 4 is 35.2 Å². The number of methoxy groups -OCH3 is 2. The van der Waals surface area contributed by atoms with E-state index in [4.69, 9.17) is 9.47 Å². The molecule has 2 N–H and O–H groups in total. The first-order valence-electron chi connectivity index (χ1n) is 10.0. The minimum absolute atomic E-state index is 0.0453. The fourth-order valence-corrected chi connectivity index (χ4v) is 4.31. The minimum atomic E-state index is -1.20. The highest BCUT2D eigenvalue weighted by Gasteiger charge is 2.44. The summed E-state index contributed by atoms with van der Waals surface area (Å²) in [6.45, 7) is 1.92. The van der Waals surface area contributed by atoms with Gasteiger partial charge in [0.2, 0.25) is 11.8 Å². The summed E-state index contributed by atoms with van der Waals surface area (Å²) in [4.78, 5) is 37.7. The van der Waals surface area contributed by atoms with Gasteiger partial charge in [0.05, 0.1) is 36.6 Å². The lowest BCUT2D eigenvalue weighted by Gasteiger charge is -2.31. The largest absolute Gasteiger partial charge is 0.497 e. The number of nitriles is 1. The summed E-state index contributed by atoms with van der Waals surface area (Å²) < 4.78 is 9.93. The third-order valence-corrected chi connectivity index (χ3v) is 6.16. The predicted octanol–water partition coefficient (Wildman–Crippen LogP) is 3.11. The smallest absolute Gasteiger partial charge is 0.319 e. The summed E-state index contributed by atoms with van der Waals surface area (Å²) in [5.74, 6) is -3.02. The fraction of sp³-hybridized carbons (Fsp3) is 0.250. The molecule has 33 heavy (non-hydrogen) atoms. The van der Waals surface area contributed by atoms with Gasteiger partial charge in [0.15, 0.2) is 0 Å². The molecule has 0 saturated carbocycles. The van der Waals surface area contributed by atoms with Gasteiger partial charge in [-0.1, -0.05) is 41.6 Å². The molecule has 0 spiro atoms. The average molecular weight is 466 g/mol. The van der Waals surface area contributed by atoms with E-state index in [-0.39, 0.29) is 22.3 Å².